The minimum Gasteiger partial charge on any atom is -0.283 e. The molecular formula is C3H7IN2O. The molecule has 0 radical (unpaired) electrons. The highest BCUT2D eigenvalue weighted by atomic mass is 127. The molecule has 4 heteroatoms. The van der Waals surface area contributed by atoms with E-state index in [0.29, 0.717) is 0 Å². The highest BCUT2D eigenvalue weighted by Crippen LogP contribution is 1.77. The first-order valence-electron chi connectivity index (χ1n) is 1.95. The Balaban J connectivity index is 2.82. The van der Waals surface area contributed by atoms with E-state index in [0.717, 1.165) is 6.54 Å². The van der Waals surface area contributed by atoms with Crippen molar-refractivity contribution in [1.29, 1.82) is 0 Å². The van der Waals surface area contributed by atoms with E-state index in [9.17, 15) is 4.79 Å². The van der Waals surface area contributed by atoms with Crippen LogP contribution in [0.25, 0.3) is 0 Å². The van der Waals surface area contributed by atoms with Gasteiger partial charge in [0.15, 0.2) is 0 Å². The number of rotatable bonds is 2. The molecule has 7 heavy (non-hydrogen) atoms. The Bertz CT molecular complexity index is 66.0. The van der Waals surface area contributed by atoms with E-state index in [1.807, 2.05) is 6.92 Å². The van der Waals surface area contributed by atoms with E-state index >= 15 is 0 Å². The summed E-state index contributed by atoms with van der Waals surface area (Å²) in [5, 5.41) is 0. The van der Waals surface area contributed by atoms with E-state index in [1.165, 1.54) is 0 Å². The summed E-state index contributed by atoms with van der Waals surface area (Å²) in [7, 11) is 0. The van der Waals surface area contributed by atoms with E-state index in [1.54, 1.807) is 22.6 Å². The van der Waals surface area contributed by atoms with Crippen LogP contribution in [-0.4, -0.2) is 10.5 Å². The molecule has 0 aromatic rings. The smallest absolute Gasteiger partial charge is 0.283 e. The quantitative estimate of drug-likeness (QED) is 0.306. The van der Waals surface area contributed by atoms with Crippen molar-refractivity contribution in [1.82, 2.24) is 10.9 Å². The zero-order valence-corrected chi connectivity index (χ0v) is 6.15. The maximum absolute atomic E-state index is 10.0. The minimum absolute atomic E-state index is 0.0838. The summed E-state index contributed by atoms with van der Waals surface area (Å²) >= 11 is 1.65. The molecule has 0 aliphatic heterocycles. The fraction of sp³-hybridized carbons (Fsp3) is 0.667. The lowest BCUT2D eigenvalue weighted by Gasteiger charge is -1.95. The molecule has 0 aromatic heterocycles. The third-order valence-electron chi connectivity index (χ3n) is 0.363. The monoisotopic (exact) mass is 214 g/mol. The first-order valence-corrected chi connectivity index (χ1v) is 3.03. The molecule has 0 unspecified atom stereocenters. The van der Waals surface area contributed by atoms with Crippen molar-refractivity contribution in [3.05, 3.63) is 0 Å². The van der Waals surface area contributed by atoms with Gasteiger partial charge in [0, 0.05) is 29.1 Å². The average molecular weight is 214 g/mol. The summed E-state index contributed by atoms with van der Waals surface area (Å²) in [6.07, 6.45) is 0. The van der Waals surface area contributed by atoms with E-state index in [4.69, 9.17) is 0 Å². The summed E-state index contributed by atoms with van der Waals surface area (Å²) in [6, 6.07) is 0. The highest BCUT2D eigenvalue weighted by molar-refractivity contribution is 14.1. The molecule has 0 rings (SSSR count). The fourth-order valence-corrected chi connectivity index (χ4v) is 0.349. The lowest BCUT2D eigenvalue weighted by Crippen LogP contribution is -2.32. The molecule has 0 atom stereocenters. The van der Waals surface area contributed by atoms with E-state index < -0.39 is 0 Å². The number of nitrogens with one attached hydrogen (secondary N) is 2. The molecule has 0 aromatic carbocycles. The van der Waals surface area contributed by atoms with Crippen LogP contribution in [0.4, 0.5) is 4.79 Å². The van der Waals surface area contributed by atoms with Crippen LogP contribution in [0.2, 0.25) is 0 Å². The molecule has 0 spiro atoms. The van der Waals surface area contributed by atoms with Crippen LogP contribution >= 0.6 is 22.6 Å². The van der Waals surface area contributed by atoms with Crippen molar-refractivity contribution in [2.45, 2.75) is 6.92 Å². The Morgan fingerprint density at radius 2 is 2.43 bits per heavy atom. The van der Waals surface area contributed by atoms with Crippen LogP contribution in [0.15, 0.2) is 0 Å². The molecule has 0 saturated heterocycles. The van der Waals surface area contributed by atoms with Crippen molar-refractivity contribution in [3.8, 4) is 0 Å². The van der Waals surface area contributed by atoms with Gasteiger partial charge in [0.2, 0.25) is 0 Å². The minimum atomic E-state index is -0.0838. The molecule has 0 saturated carbocycles. The Labute approximate surface area is 56.0 Å². The molecule has 0 aliphatic carbocycles. The zero-order valence-electron chi connectivity index (χ0n) is 3.99. The first-order chi connectivity index (χ1) is 3.27. The highest BCUT2D eigenvalue weighted by Gasteiger charge is 1.84. The normalized spacial score (nSPS) is 8.29. The summed E-state index contributed by atoms with van der Waals surface area (Å²) in [5.41, 5.74) is 5.03. The first kappa shape index (κ1) is 7.16. The number of carbonyl (C=O) groups excluding carboxylic acids is 1. The summed E-state index contributed by atoms with van der Waals surface area (Å²) in [6.45, 7) is 2.67. The van der Waals surface area contributed by atoms with Gasteiger partial charge in [-0.2, -0.15) is 0 Å². The van der Waals surface area contributed by atoms with Gasteiger partial charge in [-0.1, -0.05) is 6.92 Å². The van der Waals surface area contributed by atoms with Gasteiger partial charge in [0.1, 0.15) is 0 Å². The standard InChI is InChI=1S/C3H7IN2O/c1-2-5-6-3(4)7/h5H,2H2,1H3,(H,6,7). The third kappa shape index (κ3) is 6.16. The van der Waals surface area contributed by atoms with Gasteiger partial charge >= 0.3 is 0 Å². The second kappa shape index (κ2) is 4.32. The lowest BCUT2D eigenvalue weighted by atomic mass is 10.8. The third-order valence-corrected chi connectivity index (χ3v) is 0.633. The molecule has 0 bridgehead atoms. The van der Waals surface area contributed by atoms with Crippen molar-refractivity contribution in [2.75, 3.05) is 6.54 Å². The predicted molar refractivity (Wildman–Crippen MR) is 36.2 cm³/mol. The lowest BCUT2D eigenvalue weighted by molar-refractivity contribution is 0.259. The second-order valence-corrected chi connectivity index (χ2v) is 1.91. The SMILES string of the molecule is CCNNC(=O)I. The van der Waals surface area contributed by atoms with Gasteiger partial charge in [-0.3, -0.25) is 10.2 Å². The Morgan fingerprint density at radius 1 is 1.86 bits per heavy atom. The maximum atomic E-state index is 10.0. The number of amides is 1. The van der Waals surface area contributed by atoms with Crippen molar-refractivity contribution in [3.63, 3.8) is 0 Å². The summed E-state index contributed by atoms with van der Waals surface area (Å²) < 4.78 is -0.0838. The van der Waals surface area contributed by atoms with Crippen molar-refractivity contribution < 1.29 is 4.79 Å². The largest absolute Gasteiger partial charge is 0.294 e. The van der Waals surface area contributed by atoms with Gasteiger partial charge in [0.05, 0.1) is 0 Å². The zero-order chi connectivity index (χ0) is 5.70. The van der Waals surface area contributed by atoms with Crippen LogP contribution in [-0.2, 0) is 0 Å². The van der Waals surface area contributed by atoms with E-state index in [-0.39, 0.29) is 3.91 Å². The van der Waals surface area contributed by atoms with Crippen molar-refractivity contribution in [2.24, 2.45) is 0 Å². The Kier molecular flexibility index (Phi) is 4.42. The van der Waals surface area contributed by atoms with Crippen molar-refractivity contribution >= 4 is 26.5 Å². The average Bonchev–Trinajstić information content (AvgIpc) is 1.61. The van der Waals surface area contributed by atoms with Gasteiger partial charge in [-0.25, -0.2) is 5.43 Å². The fourth-order valence-electron chi connectivity index (χ4n) is 0.158. The molecule has 0 fully saturated rings. The molecular weight excluding hydrogens is 207 g/mol. The number of hydrogen-bond acceptors (Lipinski definition) is 2. The molecule has 0 aliphatic rings. The van der Waals surface area contributed by atoms with Gasteiger partial charge in [-0.15, -0.1) is 0 Å². The predicted octanol–water partition coefficient (Wildman–Crippen LogP) is 0.655. The molecule has 2 N–H and O–H groups in total. The molecule has 1 amide bonds. The van der Waals surface area contributed by atoms with Crippen LogP contribution < -0.4 is 10.9 Å². The Hall–Kier alpha value is 0.160. The van der Waals surface area contributed by atoms with Crippen LogP contribution in [0.5, 0.6) is 0 Å². The maximum Gasteiger partial charge on any atom is 0.294 e. The topological polar surface area (TPSA) is 41.1 Å². The van der Waals surface area contributed by atoms with Gasteiger partial charge in [-0.05, 0) is 0 Å². The van der Waals surface area contributed by atoms with Gasteiger partial charge < -0.3 is 0 Å². The Morgan fingerprint density at radius 3 is 2.57 bits per heavy atom. The number of hydrazine groups is 1. The van der Waals surface area contributed by atoms with E-state index in [2.05, 4.69) is 10.9 Å². The molecule has 42 valence electrons. The number of hydrogen-bond donors (Lipinski definition) is 2. The van der Waals surface area contributed by atoms with Crippen LogP contribution in [0.1, 0.15) is 6.92 Å². The number of halogens is 1. The summed E-state index contributed by atoms with van der Waals surface area (Å²) in [5.74, 6) is 0. The molecule has 0 heterocycles. The van der Waals surface area contributed by atoms with Crippen LogP contribution in [0, 0.1) is 0 Å². The molecule has 3 nitrogen and oxygen atoms in total. The number of carbonyl (C=O) groups is 1. The van der Waals surface area contributed by atoms with Gasteiger partial charge in [0.25, 0.3) is 3.91 Å². The second-order valence-electron chi connectivity index (χ2n) is 0.929. The van der Waals surface area contributed by atoms with Crippen LogP contribution in [0.3, 0.4) is 0 Å². The summed E-state index contributed by atoms with van der Waals surface area (Å²) in [4.78, 5) is 10.0.